The fourth-order valence-corrected chi connectivity index (χ4v) is 3.22. The molecular weight excluding hydrogens is 292 g/mol. The highest BCUT2D eigenvalue weighted by Crippen LogP contribution is 2.25. The Labute approximate surface area is 115 Å². The SMILES string of the molecule is Cc1cc(N2CCC(CBr)CC2)n2ncnc2c1. The lowest BCUT2D eigenvalue weighted by Crippen LogP contribution is -2.35. The summed E-state index contributed by atoms with van der Waals surface area (Å²) in [5, 5.41) is 5.45. The summed E-state index contributed by atoms with van der Waals surface area (Å²) in [6.07, 6.45) is 4.12. The van der Waals surface area contributed by atoms with Crippen molar-refractivity contribution in [1.29, 1.82) is 0 Å². The largest absolute Gasteiger partial charge is 0.356 e. The molecule has 2 aromatic rings. The minimum Gasteiger partial charge on any atom is -0.356 e. The van der Waals surface area contributed by atoms with E-state index in [4.69, 9.17) is 0 Å². The molecule has 0 bridgehead atoms. The van der Waals surface area contributed by atoms with Crippen molar-refractivity contribution >= 4 is 27.4 Å². The normalized spacial score (nSPS) is 17.6. The number of hydrogen-bond acceptors (Lipinski definition) is 3. The quantitative estimate of drug-likeness (QED) is 0.800. The number of fused-ring (bicyclic) bond motifs is 1. The van der Waals surface area contributed by atoms with E-state index in [1.807, 2.05) is 4.52 Å². The molecule has 18 heavy (non-hydrogen) atoms. The van der Waals surface area contributed by atoms with Gasteiger partial charge in [0.1, 0.15) is 12.1 Å². The molecule has 0 aromatic carbocycles. The van der Waals surface area contributed by atoms with Gasteiger partial charge in [0.25, 0.3) is 0 Å². The molecule has 0 saturated carbocycles. The molecule has 1 saturated heterocycles. The van der Waals surface area contributed by atoms with Crippen molar-refractivity contribution < 1.29 is 0 Å². The number of aryl methyl sites for hydroxylation is 1. The Balaban J connectivity index is 1.92. The van der Waals surface area contributed by atoms with Crippen LogP contribution in [-0.2, 0) is 0 Å². The Kier molecular flexibility index (Phi) is 3.24. The van der Waals surface area contributed by atoms with Crippen LogP contribution in [0, 0.1) is 12.8 Å². The number of nitrogens with zero attached hydrogens (tertiary/aromatic N) is 4. The van der Waals surface area contributed by atoms with Crippen LogP contribution in [0.5, 0.6) is 0 Å². The molecule has 3 rings (SSSR count). The van der Waals surface area contributed by atoms with Gasteiger partial charge in [-0.2, -0.15) is 9.61 Å². The van der Waals surface area contributed by atoms with E-state index in [1.165, 1.54) is 24.2 Å². The summed E-state index contributed by atoms with van der Waals surface area (Å²) in [6.45, 7) is 4.33. The highest BCUT2D eigenvalue weighted by molar-refractivity contribution is 9.09. The minimum atomic E-state index is 0.817. The molecule has 0 radical (unpaired) electrons. The number of anilines is 1. The summed E-state index contributed by atoms with van der Waals surface area (Å²) in [5.41, 5.74) is 2.18. The monoisotopic (exact) mass is 308 g/mol. The lowest BCUT2D eigenvalue weighted by Gasteiger charge is -2.32. The van der Waals surface area contributed by atoms with Gasteiger partial charge in [-0.15, -0.1) is 0 Å². The van der Waals surface area contributed by atoms with Crippen molar-refractivity contribution in [2.24, 2.45) is 5.92 Å². The standard InChI is InChI=1S/C13H17BrN4/c1-10-6-12-15-9-16-18(12)13(7-10)17-4-2-11(8-14)3-5-17/h6-7,9,11H,2-5,8H2,1H3. The first-order valence-electron chi connectivity index (χ1n) is 6.39. The summed E-state index contributed by atoms with van der Waals surface area (Å²) in [4.78, 5) is 6.71. The van der Waals surface area contributed by atoms with Crippen LogP contribution >= 0.6 is 15.9 Å². The van der Waals surface area contributed by atoms with Gasteiger partial charge in [0.2, 0.25) is 0 Å². The maximum Gasteiger partial charge on any atom is 0.157 e. The molecule has 5 heteroatoms. The first kappa shape index (κ1) is 12.0. The van der Waals surface area contributed by atoms with E-state index in [0.717, 1.165) is 30.0 Å². The molecule has 2 aromatic heterocycles. The van der Waals surface area contributed by atoms with Gasteiger partial charge in [0.15, 0.2) is 5.65 Å². The van der Waals surface area contributed by atoms with Crippen LogP contribution in [0.1, 0.15) is 18.4 Å². The molecule has 0 amide bonds. The van der Waals surface area contributed by atoms with Gasteiger partial charge in [0.05, 0.1) is 0 Å². The van der Waals surface area contributed by atoms with Gasteiger partial charge in [-0.1, -0.05) is 15.9 Å². The molecule has 1 fully saturated rings. The predicted octanol–water partition coefficient (Wildman–Crippen LogP) is 2.65. The third-order valence-electron chi connectivity index (χ3n) is 3.66. The Morgan fingerprint density at radius 1 is 1.33 bits per heavy atom. The maximum atomic E-state index is 4.33. The van der Waals surface area contributed by atoms with Crippen LogP contribution in [0.15, 0.2) is 18.5 Å². The Hall–Kier alpha value is -1.10. The van der Waals surface area contributed by atoms with Crippen molar-refractivity contribution in [3.05, 3.63) is 24.0 Å². The highest BCUT2D eigenvalue weighted by Gasteiger charge is 2.20. The second-order valence-electron chi connectivity index (χ2n) is 5.01. The van der Waals surface area contributed by atoms with Gasteiger partial charge < -0.3 is 4.90 Å². The van der Waals surface area contributed by atoms with Gasteiger partial charge >= 0.3 is 0 Å². The van der Waals surface area contributed by atoms with Crippen LogP contribution in [0.4, 0.5) is 5.82 Å². The second kappa shape index (κ2) is 4.88. The fraction of sp³-hybridized carbons (Fsp3) is 0.538. The van der Waals surface area contributed by atoms with E-state index in [-0.39, 0.29) is 0 Å². The zero-order chi connectivity index (χ0) is 12.5. The lowest BCUT2D eigenvalue weighted by molar-refractivity contribution is 0.443. The van der Waals surface area contributed by atoms with Crippen molar-refractivity contribution in [2.75, 3.05) is 23.3 Å². The fourth-order valence-electron chi connectivity index (χ4n) is 2.58. The van der Waals surface area contributed by atoms with Gasteiger partial charge in [-0.3, -0.25) is 0 Å². The third kappa shape index (κ3) is 2.11. The minimum absolute atomic E-state index is 0.817. The van der Waals surface area contributed by atoms with Crippen molar-refractivity contribution in [3.63, 3.8) is 0 Å². The Morgan fingerprint density at radius 2 is 2.11 bits per heavy atom. The van der Waals surface area contributed by atoms with Crippen LogP contribution < -0.4 is 4.90 Å². The number of alkyl halides is 1. The second-order valence-corrected chi connectivity index (χ2v) is 5.65. The topological polar surface area (TPSA) is 33.4 Å². The Morgan fingerprint density at radius 3 is 2.83 bits per heavy atom. The molecule has 1 aliphatic rings. The number of hydrogen-bond donors (Lipinski definition) is 0. The molecule has 0 atom stereocenters. The van der Waals surface area contributed by atoms with Crippen molar-refractivity contribution in [3.8, 4) is 0 Å². The number of aromatic nitrogens is 3. The van der Waals surface area contributed by atoms with Crippen LogP contribution in [0.3, 0.4) is 0 Å². The average molecular weight is 309 g/mol. The number of rotatable bonds is 2. The molecule has 96 valence electrons. The zero-order valence-corrected chi connectivity index (χ0v) is 12.1. The van der Waals surface area contributed by atoms with E-state index in [9.17, 15) is 0 Å². The van der Waals surface area contributed by atoms with Crippen LogP contribution in [0.2, 0.25) is 0 Å². The van der Waals surface area contributed by atoms with E-state index in [2.05, 4.69) is 50.0 Å². The summed E-state index contributed by atoms with van der Waals surface area (Å²) in [7, 11) is 0. The Bertz CT molecular complexity index is 543. The van der Waals surface area contributed by atoms with Crippen molar-refractivity contribution in [1.82, 2.24) is 14.6 Å². The van der Waals surface area contributed by atoms with Crippen molar-refractivity contribution in [2.45, 2.75) is 19.8 Å². The van der Waals surface area contributed by atoms with Gasteiger partial charge in [-0.25, -0.2) is 4.98 Å². The third-order valence-corrected chi connectivity index (χ3v) is 4.58. The predicted molar refractivity (Wildman–Crippen MR) is 76.5 cm³/mol. The van der Waals surface area contributed by atoms with Gasteiger partial charge in [0, 0.05) is 18.4 Å². The van der Waals surface area contributed by atoms with E-state index in [1.54, 1.807) is 6.33 Å². The maximum absolute atomic E-state index is 4.33. The molecule has 4 nitrogen and oxygen atoms in total. The number of pyridine rings is 1. The van der Waals surface area contributed by atoms with E-state index < -0.39 is 0 Å². The lowest BCUT2D eigenvalue weighted by atomic mass is 9.99. The van der Waals surface area contributed by atoms with Crippen LogP contribution in [-0.4, -0.2) is 33.0 Å². The summed E-state index contributed by atoms with van der Waals surface area (Å²) in [5.74, 6) is 1.99. The highest BCUT2D eigenvalue weighted by atomic mass is 79.9. The van der Waals surface area contributed by atoms with E-state index >= 15 is 0 Å². The number of piperidine rings is 1. The first-order valence-corrected chi connectivity index (χ1v) is 7.51. The summed E-state index contributed by atoms with van der Waals surface area (Å²) in [6, 6.07) is 4.28. The number of halogens is 1. The molecule has 0 unspecified atom stereocenters. The van der Waals surface area contributed by atoms with Gasteiger partial charge in [-0.05, 0) is 43.4 Å². The van der Waals surface area contributed by atoms with E-state index in [0.29, 0.717) is 0 Å². The molecule has 3 heterocycles. The van der Waals surface area contributed by atoms with Crippen LogP contribution in [0.25, 0.3) is 5.65 Å². The summed E-state index contributed by atoms with van der Waals surface area (Å²) < 4.78 is 1.95. The first-order chi connectivity index (χ1) is 8.78. The molecule has 0 aliphatic carbocycles. The zero-order valence-electron chi connectivity index (χ0n) is 10.5. The average Bonchev–Trinajstić information content (AvgIpc) is 2.86. The molecular formula is C13H17BrN4. The summed E-state index contributed by atoms with van der Waals surface area (Å²) >= 11 is 3.59. The smallest absolute Gasteiger partial charge is 0.157 e. The molecule has 1 aliphatic heterocycles. The molecule has 0 N–H and O–H groups in total. The molecule has 0 spiro atoms.